The fourth-order valence-electron chi connectivity index (χ4n) is 4.27. The molecule has 2 aliphatic heterocycles. The van der Waals surface area contributed by atoms with E-state index in [2.05, 4.69) is 4.74 Å². The van der Waals surface area contributed by atoms with E-state index in [0.29, 0.717) is 17.9 Å². The molecular formula is C25H22F2N2O4. The molecule has 0 fully saturated rings. The standard InChI is InChI=1S/C25H22F2N2O4/c1-30-17-11-12-18(23(13-17)31-2)20-14-21-19-5-3-4-6-22(19)33-24(29(21)28-20)15-7-9-16(10-8-15)32-25(26)27/h3-13,21,24-25H,14H2,1-2H3/t21-,24+/m1/s1. The van der Waals surface area contributed by atoms with Crippen molar-refractivity contribution in [3.05, 3.63) is 83.4 Å². The van der Waals surface area contributed by atoms with Crippen molar-refractivity contribution in [1.29, 1.82) is 0 Å². The summed E-state index contributed by atoms with van der Waals surface area (Å²) in [4.78, 5) is 0. The highest BCUT2D eigenvalue weighted by Crippen LogP contribution is 2.48. The fraction of sp³-hybridized carbons (Fsp3) is 0.240. The van der Waals surface area contributed by atoms with E-state index in [9.17, 15) is 8.78 Å². The van der Waals surface area contributed by atoms with E-state index in [1.807, 2.05) is 47.5 Å². The van der Waals surface area contributed by atoms with Gasteiger partial charge in [-0.3, -0.25) is 0 Å². The zero-order valence-corrected chi connectivity index (χ0v) is 18.1. The second-order valence-corrected chi connectivity index (χ2v) is 7.67. The van der Waals surface area contributed by atoms with Crippen LogP contribution < -0.4 is 18.9 Å². The number of halogens is 2. The third-order valence-electron chi connectivity index (χ3n) is 5.81. The molecular weight excluding hydrogens is 430 g/mol. The van der Waals surface area contributed by atoms with Crippen molar-refractivity contribution >= 4 is 5.71 Å². The minimum Gasteiger partial charge on any atom is -0.497 e. The summed E-state index contributed by atoms with van der Waals surface area (Å²) in [5, 5.41) is 6.85. The molecule has 0 amide bonds. The van der Waals surface area contributed by atoms with Crippen LogP contribution in [0.2, 0.25) is 0 Å². The van der Waals surface area contributed by atoms with Crippen LogP contribution in [0.4, 0.5) is 8.78 Å². The lowest BCUT2D eigenvalue weighted by molar-refractivity contribution is -0.0499. The van der Waals surface area contributed by atoms with Crippen LogP contribution in [-0.4, -0.2) is 31.6 Å². The van der Waals surface area contributed by atoms with Crippen LogP contribution in [0.15, 0.2) is 71.8 Å². The van der Waals surface area contributed by atoms with Gasteiger partial charge in [-0.2, -0.15) is 13.9 Å². The number of fused-ring (bicyclic) bond motifs is 3. The Labute approximate surface area is 189 Å². The Kier molecular flexibility index (Phi) is 5.50. The molecule has 0 unspecified atom stereocenters. The molecule has 0 saturated carbocycles. The van der Waals surface area contributed by atoms with E-state index in [1.165, 1.54) is 12.1 Å². The molecule has 0 N–H and O–H groups in total. The molecule has 2 atom stereocenters. The van der Waals surface area contributed by atoms with Crippen LogP contribution in [0.5, 0.6) is 23.0 Å². The van der Waals surface area contributed by atoms with Gasteiger partial charge in [0.1, 0.15) is 23.0 Å². The number of ether oxygens (including phenoxy) is 4. The number of hydrogen-bond donors (Lipinski definition) is 0. The number of rotatable bonds is 6. The molecule has 170 valence electrons. The molecule has 3 aromatic carbocycles. The minimum absolute atomic E-state index is 0.0428. The lowest BCUT2D eigenvalue weighted by Gasteiger charge is -2.38. The second kappa shape index (κ2) is 8.61. The molecule has 0 spiro atoms. The lowest BCUT2D eigenvalue weighted by atomic mass is 9.95. The second-order valence-electron chi connectivity index (χ2n) is 7.67. The summed E-state index contributed by atoms with van der Waals surface area (Å²) in [6.07, 6.45) is 0.138. The third kappa shape index (κ3) is 3.92. The van der Waals surface area contributed by atoms with Crippen LogP contribution in [0.3, 0.4) is 0 Å². The monoisotopic (exact) mass is 452 g/mol. The van der Waals surface area contributed by atoms with Crippen molar-refractivity contribution in [2.75, 3.05) is 14.2 Å². The van der Waals surface area contributed by atoms with Crippen molar-refractivity contribution in [1.82, 2.24) is 5.01 Å². The summed E-state index contributed by atoms with van der Waals surface area (Å²) in [5.74, 6) is 2.24. The Morgan fingerprint density at radius 2 is 1.73 bits per heavy atom. The number of nitrogens with zero attached hydrogens (tertiary/aromatic N) is 2. The molecule has 0 bridgehead atoms. The summed E-state index contributed by atoms with van der Waals surface area (Å²) >= 11 is 0. The highest BCUT2D eigenvalue weighted by molar-refractivity contribution is 6.04. The van der Waals surface area contributed by atoms with Gasteiger partial charge in [-0.15, -0.1) is 0 Å². The highest BCUT2D eigenvalue weighted by atomic mass is 19.3. The third-order valence-corrected chi connectivity index (χ3v) is 5.81. The summed E-state index contributed by atoms with van der Waals surface area (Å²) in [6.45, 7) is -2.87. The molecule has 5 rings (SSSR count). The van der Waals surface area contributed by atoms with E-state index in [1.54, 1.807) is 26.4 Å². The first-order chi connectivity index (χ1) is 16.1. The first-order valence-corrected chi connectivity index (χ1v) is 10.5. The number of alkyl halides is 2. The van der Waals surface area contributed by atoms with E-state index in [4.69, 9.17) is 19.3 Å². The van der Waals surface area contributed by atoms with E-state index >= 15 is 0 Å². The van der Waals surface area contributed by atoms with Crippen molar-refractivity contribution in [3.63, 3.8) is 0 Å². The summed E-state index contributed by atoms with van der Waals surface area (Å²) in [5.41, 5.74) is 3.56. The van der Waals surface area contributed by atoms with Gasteiger partial charge in [0.05, 0.1) is 26.0 Å². The lowest BCUT2D eigenvalue weighted by Crippen LogP contribution is -2.33. The first-order valence-electron chi connectivity index (χ1n) is 10.5. The van der Waals surface area contributed by atoms with Crippen LogP contribution in [0, 0.1) is 0 Å². The molecule has 2 aliphatic rings. The van der Waals surface area contributed by atoms with Crippen LogP contribution in [0.1, 0.15) is 35.4 Å². The Morgan fingerprint density at radius 3 is 2.45 bits per heavy atom. The van der Waals surface area contributed by atoms with E-state index in [-0.39, 0.29) is 11.8 Å². The predicted molar refractivity (Wildman–Crippen MR) is 118 cm³/mol. The van der Waals surface area contributed by atoms with Gasteiger partial charge in [-0.25, -0.2) is 5.01 Å². The van der Waals surface area contributed by atoms with Crippen LogP contribution in [0.25, 0.3) is 0 Å². The topological polar surface area (TPSA) is 52.5 Å². The Bertz CT molecular complexity index is 1180. The summed E-state index contributed by atoms with van der Waals surface area (Å²) in [6, 6.07) is 19.9. The maximum Gasteiger partial charge on any atom is 0.387 e. The summed E-state index contributed by atoms with van der Waals surface area (Å²) in [7, 11) is 3.23. The fourth-order valence-corrected chi connectivity index (χ4v) is 4.27. The van der Waals surface area contributed by atoms with E-state index < -0.39 is 12.8 Å². The van der Waals surface area contributed by atoms with Gasteiger partial charge in [-0.1, -0.05) is 18.2 Å². The van der Waals surface area contributed by atoms with E-state index in [0.717, 1.165) is 28.2 Å². The molecule has 2 heterocycles. The Morgan fingerprint density at radius 1 is 0.970 bits per heavy atom. The normalized spacial score (nSPS) is 18.8. The predicted octanol–water partition coefficient (Wildman–Crippen LogP) is 5.55. The smallest absolute Gasteiger partial charge is 0.387 e. The Balaban J connectivity index is 1.53. The van der Waals surface area contributed by atoms with Crippen molar-refractivity contribution in [2.24, 2.45) is 5.10 Å². The van der Waals surface area contributed by atoms with Gasteiger partial charge < -0.3 is 18.9 Å². The molecule has 8 heteroatoms. The van der Waals surface area contributed by atoms with Crippen molar-refractivity contribution in [3.8, 4) is 23.0 Å². The number of hydrogen-bond acceptors (Lipinski definition) is 6. The minimum atomic E-state index is -2.87. The van der Waals surface area contributed by atoms with Gasteiger partial charge in [0, 0.05) is 29.2 Å². The van der Waals surface area contributed by atoms with Gasteiger partial charge in [-0.05, 0) is 42.5 Å². The van der Waals surface area contributed by atoms with Crippen molar-refractivity contribution < 1.29 is 27.7 Å². The molecule has 0 radical (unpaired) electrons. The molecule has 6 nitrogen and oxygen atoms in total. The van der Waals surface area contributed by atoms with Crippen molar-refractivity contribution in [2.45, 2.75) is 25.3 Å². The number of hydrazone groups is 1. The SMILES string of the molecule is COc1ccc(C2=NN3[C@H](C2)c2ccccc2O[C@H]3c2ccc(OC(F)F)cc2)c(OC)c1. The van der Waals surface area contributed by atoms with Crippen LogP contribution >= 0.6 is 0 Å². The maximum absolute atomic E-state index is 12.5. The average Bonchev–Trinajstić information content (AvgIpc) is 3.29. The highest BCUT2D eigenvalue weighted by Gasteiger charge is 2.41. The molecule has 33 heavy (non-hydrogen) atoms. The van der Waals surface area contributed by atoms with Gasteiger partial charge in [0.25, 0.3) is 0 Å². The molecule has 0 saturated heterocycles. The quantitative estimate of drug-likeness (QED) is 0.491. The zero-order valence-electron chi connectivity index (χ0n) is 18.1. The molecule has 0 aliphatic carbocycles. The number of methoxy groups -OCH3 is 2. The first kappa shape index (κ1) is 21.1. The number of benzene rings is 3. The van der Waals surface area contributed by atoms with Gasteiger partial charge in [0.15, 0.2) is 0 Å². The zero-order chi connectivity index (χ0) is 22.9. The van der Waals surface area contributed by atoms with Gasteiger partial charge in [0.2, 0.25) is 6.23 Å². The van der Waals surface area contributed by atoms with Gasteiger partial charge >= 0.3 is 6.61 Å². The summed E-state index contributed by atoms with van der Waals surface area (Å²) < 4.78 is 46.8. The molecule has 0 aromatic heterocycles. The maximum atomic E-state index is 12.5. The molecule has 3 aromatic rings. The largest absolute Gasteiger partial charge is 0.497 e. The number of para-hydroxylation sites is 1. The van der Waals surface area contributed by atoms with Crippen LogP contribution in [-0.2, 0) is 0 Å². The Hall–Kier alpha value is -3.81. The average molecular weight is 452 g/mol.